The van der Waals surface area contributed by atoms with Crippen molar-refractivity contribution in [1.82, 2.24) is 10.2 Å². The van der Waals surface area contributed by atoms with E-state index in [1.165, 1.54) is 5.56 Å². The second kappa shape index (κ2) is 5.61. The molecule has 1 saturated heterocycles. The molecule has 0 bridgehead atoms. The summed E-state index contributed by atoms with van der Waals surface area (Å²) >= 11 is 1.75. The smallest absolute Gasteiger partial charge is 0.0446 e. The van der Waals surface area contributed by atoms with Crippen LogP contribution in [0.3, 0.4) is 0 Å². The van der Waals surface area contributed by atoms with Gasteiger partial charge < -0.3 is 10.4 Å². The van der Waals surface area contributed by atoms with E-state index in [-0.39, 0.29) is 6.61 Å². The Kier molecular flexibility index (Phi) is 4.14. The summed E-state index contributed by atoms with van der Waals surface area (Å²) in [5, 5.41) is 16.7. The number of rotatable bonds is 4. The van der Waals surface area contributed by atoms with E-state index in [2.05, 4.69) is 27.0 Å². The van der Waals surface area contributed by atoms with Gasteiger partial charge in [-0.15, -0.1) is 0 Å². The van der Waals surface area contributed by atoms with Crippen molar-refractivity contribution in [1.29, 1.82) is 0 Å². The molecular formula is C11H18N2OS. The third-order valence-electron chi connectivity index (χ3n) is 2.90. The minimum Gasteiger partial charge on any atom is -0.396 e. The molecule has 1 aromatic rings. The molecule has 84 valence electrons. The second-order valence-corrected chi connectivity index (χ2v) is 4.75. The molecule has 0 saturated carbocycles. The Hall–Kier alpha value is -0.420. The van der Waals surface area contributed by atoms with E-state index in [1.54, 1.807) is 11.3 Å². The third-order valence-corrected chi connectivity index (χ3v) is 3.63. The minimum atomic E-state index is 0.284. The number of piperazine rings is 1. The van der Waals surface area contributed by atoms with Crippen molar-refractivity contribution in [3.63, 3.8) is 0 Å². The van der Waals surface area contributed by atoms with E-state index in [0.29, 0.717) is 6.04 Å². The molecule has 1 aliphatic heterocycles. The zero-order chi connectivity index (χ0) is 10.5. The maximum Gasteiger partial charge on any atom is 0.0446 e. The van der Waals surface area contributed by atoms with Crippen LogP contribution in [0.5, 0.6) is 0 Å². The lowest BCUT2D eigenvalue weighted by Gasteiger charge is -2.35. The molecule has 0 aromatic carbocycles. The largest absolute Gasteiger partial charge is 0.396 e. The van der Waals surface area contributed by atoms with Gasteiger partial charge in [0.2, 0.25) is 0 Å². The topological polar surface area (TPSA) is 35.5 Å². The Balaban J connectivity index is 1.92. The highest BCUT2D eigenvalue weighted by Crippen LogP contribution is 2.14. The summed E-state index contributed by atoms with van der Waals surface area (Å²) in [7, 11) is 0. The number of aliphatic hydroxyl groups is 1. The van der Waals surface area contributed by atoms with Crippen molar-refractivity contribution in [3.8, 4) is 0 Å². The van der Waals surface area contributed by atoms with Gasteiger partial charge in [-0.3, -0.25) is 4.90 Å². The summed E-state index contributed by atoms with van der Waals surface area (Å²) < 4.78 is 0. The predicted molar refractivity (Wildman–Crippen MR) is 63.1 cm³/mol. The zero-order valence-electron chi connectivity index (χ0n) is 8.85. The van der Waals surface area contributed by atoms with Gasteiger partial charge in [0.05, 0.1) is 0 Å². The van der Waals surface area contributed by atoms with Gasteiger partial charge in [-0.2, -0.15) is 11.3 Å². The van der Waals surface area contributed by atoms with Crippen LogP contribution in [0.15, 0.2) is 16.8 Å². The Bertz CT molecular complexity index is 274. The number of thiophene rings is 1. The lowest BCUT2D eigenvalue weighted by atomic mass is 10.1. The van der Waals surface area contributed by atoms with Crippen LogP contribution in [0.25, 0.3) is 0 Å². The fourth-order valence-electron chi connectivity index (χ4n) is 2.06. The Labute approximate surface area is 94.7 Å². The maximum atomic E-state index is 9.01. The van der Waals surface area contributed by atoms with Crippen LogP contribution in [0.4, 0.5) is 0 Å². The highest BCUT2D eigenvalue weighted by Gasteiger charge is 2.21. The first-order chi connectivity index (χ1) is 7.40. The molecule has 15 heavy (non-hydrogen) atoms. The predicted octanol–water partition coefficient (Wildman–Crippen LogP) is 0.904. The van der Waals surface area contributed by atoms with Gasteiger partial charge in [-0.1, -0.05) is 0 Å². The fourth-order valence-corrected chi connectivity index (χ4v) is 2.72. The monoisotopic (exact) mass is 226 g/mol. The van der Waals surface area contributed by atoms with E-state index in [0.717, 1.165) is 32.6 Å². The Morgan fingerprint density at radius 1 is 1.60 bits per heavy atom. The molecule has 2 heterocycles. The van der Waals surface area contributed by atoms with Crippen LogP contribution < -0.4 is 5.32 Å². The van der Waals surface area contributed by atoms with E-state index < -0.39 is 0 Å². The minimum absolute atomic E-state index is 0.284. The normalized spacial score (nSPS) is 23.1. The van der Waals surface area contributed by atoms with Crippen LogP contribution in [-0.2, 0) is 6.54 Å². The van der Waals surface area contributed by atoms with Crippen LogP contribution in [-0.4, -0.2) is 42.3 Å². The lowest BCUT2D eigenvalue weighted by molar-refractivity contribution is 0.124. The first-order valence-corrected chi connectivity index (χ1v) is 6.41. The molecule has 1 atom stereocenters. The van der Waals surface area contributed by atoms with Crippen molar-refractivity contribution in [3.05, 3.63) is 22.4 Å². The summed E-state index contributed by atoms with van der Waals surface area (Å²) in [5.74, 6) is 0. The van der Waals surface area contributed by atoms with Gasteiger partial charge >= 0.3 is 0 Å². The SMILES string of the molecule is OCC[C@H]1CNCCN1Cc1ccsc1. The van der Waals surface area contributed by atoms with E-state index in [1.807, 2.05) is 0 Å². The molecule has 1 aromatic heterocycles. The summed E-state index contributed by atoms with van der Waals surface area (Å²) in [4.78, 5) is 2.47. The molecule has 0 spiro atoms. The van der Waals surface area contributed by atoms with Gasteiger partial charge in [0, 0.05) is 38.8 Å². The van der Waals surface area contributed by atoms with E-state index in [9.17, 15) is 0 Å². The van der Waals surface area contributed by atoms with Gasteiger partial charge in [-0.05, 0) is 28.8 Å². The van der Waals surface area contributed by atoms with Crippen molar-refractivity contribution in [2.45, 2.75) is 19.0 Å². The molecule has 0 unspecified atom stereocenters. The summed E-state index contributed by atoms with van der Waals surface area (Å²) in [6, 6.07) is 2.67. The molecule has 1 aliphatic rings. The fraction of sp³-hybridized carbons (Fsp3) is 0.636. The van der Waals surface area contributed by atoms with Gasteiger partial charge in [0.15, 0.2) is 0 Å². The highest BCUT2D eigenvalue weighted by atomic mass is 32.1. The molecule has 1 fully saturated rings. The third kappa shape index (κ3) is 3.01. The number of hydrogen-bond acceptors (Lipinski definition) is 4. The van der Waals surface area contributed by atoms with E-state index in [4.69, 9.17) is 5.11 Å². The van der Waals surface area contributed by atoms with Crippen LogP contribution in [0, 0.1) is 0 Å². The van der Waals surface area contributed by atoms with Crippen molar-refractivity contribution < 1.29 is 5.11 Å². The average molecular weight is 226 g/mol. The molecule has 2 N–H and O–H groups in total. The van der Waals surface area contributed by atoms with Gasteiger partial charge in [0.1, 0.15) is 0 Å². The molecule has 4 heteroatoms. The molecule has 3 nitrogen and oxygen atoms in total. The van der Waals surface area contributed by atoms with Gasteiger partial charge in [-0.25, -0.2) is 0 Å². The second-order valence-electron chi connectivity index (χ2n) is 3.97. The Morgan fingerprint density at radius 3 is 3.27 bits per heavy atom. The molecule has 0 amide bonds. The standard InChI is InChI=1S/C11H18N2OS/c14-5-1-11-7-12-3-4-13(11)8-10-2-6-15-9-10/h2,6,9,11-12,14H,1,3-5,7-8H2/t11-/m0/s1. The molecule has 0 radical (unpaired) electrons. The number of nitrogens with zero attached hydrogens (tertiary/aromatic N) is 1. The van der Waals surface area contributed by atoms with E-state index >= 15 is 0 Å². The van der Waals surface area contributed by atoms with Gasteiger partial charge in [0.25, 0.3) is 0 Å². The summed E-state index contributed by atoms with van der Waals surface area (Å²) in [5.41, 5.74) is 1.39. The van der Waals surface area contributed by atoms with Crippen molar-refractivity contribution >= 4 is 11.3 Å². The molecule has 0 aliphatic carbocycles. The first kappa shape index (κ1) is 11.1. The Morgan fingerprint density at radius 2 is 2.53 bits per heavy atom. The molecule has 2 rings (SSSR count). The summed E-state index contributed by atoms with van der Waals surface area (Å²) in [6.45, 7) is 4.46. The van der Waals surface area contributed by atoms with Crippen LogP contribution in [0.2, 0.25) is 0 Å². The van der Waals surface area contributed by atoms with Crippen molar-refractivity contribution in [2.24, 2.45) is 0 Å². The van der Waals surface area contributed by atoms with Crippen LogP contribution in [0.1, 0.15) is 12.0 Å². The maximum absolute atomic E-state index is 9.01. The number of hydrogen-bond donors (Lipinski definition) is 2. The average Bonchev–Trinajstić information content (AvgIpc) is 2.74. The molecular weight excluding hydrogens is 208 g/mol. The summed E-state index contributed by atoms with van der Waals surface area (Å²) in [6.07, 6.45) is 0.872. The quantitative estimate of drug-likeness (QED) is 0.801. The number of aliphatic hydroxyl groups excluding tert-OH is 1. The lowest BCUT2D eigenvalue weighted by Crippen LogP contribution is -2.50. The van der Waals surface area contributed by atoms with Crippen LogP contribution >= 0.6 is 11.3 Å². The highest BCUT2D eigenvalue weighted by molar-refractivity contribution is 7.07. The van der Waals surface area contributed by atoms with Crippen molar-refractivity contribution in [2.75, 3.05) is 26.2 Å². The number of nitrogens with one attached hydrogen (secondary N) is 1. The first-order valence-electron chi connectivity index (χ1n) is 5.47. The zero-order valence-corrected chi connectivity index (χ0v) is 9.67.